The normalized spacial score (nSPS) is 17.4. The number of nitrogens with one attached hydrogen (secondary N) is 2. The summed E-state index contributed by atoms with van der Waals surface area (Å²) >= 11 is 0. The zero-order valence-corrected chi connectivity index (χ0v) is 18.6. The molecule has 2 unspecified atom stereocenters. The van der Waals surface area contributed by atoms with Crippen LogP contribution in [0, 0.1) is 0 Å². The van der Waals surface area contributed by atoms with Crippen LogP contribution < -0.4 is 24.8 Å². The average molecular weight is 476 g/mol. The predicted octanol–water partition coefficient (Wildman–Crippen LogP) is 4.82. The molecule has 0 fully saturated rings. The van der Waals surface area contributed by atoms with Crippen molar-refractivity contribution in [3.05, 3.63) is 59.8 Å². The fourth-order valence-electron chi connectivity index (χ4n) is 3.84. The zero-order chi connectivity index (χ0) is 24.5. The van der Waals surface area contributed by atoms with E-state index < -0.39 is 24.2 Å². The van der Waals surface area contributed by atoms with Gasteiger partial charge in [-0.15, -0.1) is 0 Å². The zero-order valence-electron chi connectivity index (χ0n) is 18.6. The maximum atomic E-state index is 13.9. The van der Waals surface area contributed by atoms with Crippen molar-refractivity contribution in [3.8, 4) is 17.2 Å². The summed E-state index contributed by atoms with van der Waals surface area (Å²) in [6.45, 7) is 0. The van der Waals surface area contributed by atoms with Crippen molar-refractivity contribution >= 4 is 17.4 Å². The monoisotopic (exact) mass is 476 g/mol. The van der Waals surface area contributed by atoms with Gasteiger partial charge in [-0.05, 0) is 29.8 Å². The standard InChI is InChI=1S/C23H23F3N4O4/c1-32-14-6-4-13(5-7-14)16-11-20(23(24,25)26)30-21(27-16)12-18(29-30)22(31)28-17-10-15(33-2)8-9-19(17)34-3/h4-10,12,16,20,27H,11H2,1-3H3,(H,28,31). The van der Waals surface area contributed by atoms with Crippen molar-refractivity contribution in [1.29, 1.82) is 0 Å². The molecule has 2 aromatic carbocycles. The van der Waals surface area contributed by atoms with Gasteiger partial charge in [0.25, 0.3) is 5.91 Å². The first-order chi connectivity index (χ1) is 16.2. The number of methoxy groups -OCH3 is 3. The highest BCUT2D eigenvalue weighted by atomic mass is 19.4. The highest BCUT2D eigenvalue weighted by Gasteiger charge is 2.46. The van der Waals surface area contributed by atoms with Crippen LogP contribution in [0.3, 0.4) is 0 Å². The minimum Gasteiger partial charge on any atom is -0.497 e. The van der Waals surface area contributed by atoms with E-state index in [0.29, 0.717) is 28.5 Å². The largest absolute Gasteiger partial charge is 0.497 e. The molecule has 1 aromatic heterocycles. The van der Waals surface area contributed by atoms with Gasteiger partial charge in [0.2, 0.25) is 0 Å². The van der Waals surface area contributed by atoms with Crippen molar-refractivity contribution in [2.24, 2.45) is 0 Å². The number of hydrogen-bond donors (Lipinski definition) is 2. The molecule has 8 nitrogen and oxygen atoms in total. The SMILES string of the molecule is COc1ccc(C2CC(C(F)(F)F)n3nc(C(=O)Nc4cc(OC)ccc4OC)cc3N2)cc1. The van der Waals surface area contributed by atoms with E-state index in [-0.39, 0.29) is 17.9 Å². The number of aromatic nitrogens is 2. The molecule has 3 aromatic rings. The summed E-state index contributed by atoms with van der Waals surface area (Å²) in [6, 6.07) is 10.4. The van der Waals surface area contributed by atoms with E-state index in [9.17, 15) is 18.0 Å². The Bertz CT molecular complexity index is 1180. The summed E-state index contributed by atoms with van der Waals surface area (Å²) in [5.74, 6) is 0.851. The fourth-order valence-corrected chi connectivity index (χ4v) is 3.84. The van der Waals surface area contributed by atoms with Crippen LogP contribution in [0.4, 0.5) is 24.7 Å². The summed E-state index contributed by atoms with van der Waals surface area (Å²) in [6.07, 6.45) is -4.84. The molecule has 2 atom stereocenters. The number of hydrogen-bond acceptors (Lipinski definition) is 6. The number of alkyl halides is 3. The third-order valence-corrected chi connectivity index (χ3v) is 5.60. The van der Waals surface area contributed by atoms with Crippen LogP contribution in [0.2, 0.25) is 0 Å². The van der Waals surface area contributed by atoms with Crippen molar-refractivity contribution in [2.75, 3.05) is 32.0 Å². The average Bonchev–Trinajstić information content (AvgIpc) is 3.27. The third-order valence-electron chi connectivity index (χ3n) is 5.60. The Morgan fingerprint density at radius 2 is 1.71 bits per heavy atom. The number of halogens is 3. The number of anilines is 2. The molecule has 34 heavy (non-hydrogen) atoms. The topological polar surface area (TPSA) is 86.6 Å². The Hall–Kier alpha value is -3.89. The number of rotatable bonds is 6. The van der Waals surface area contributed by atoms with Crippen LogP contribution >= 0.6 is 0 Å². The van der Waals surface area contributed by atoms with E-state index in [4.69, 9.17) is 14.2 Å². The van der Waals surface area contributed by atoms with E-state index in [1.807, 2.05) is 0 Å². The molecule has 2 heterocycles. The Labute approximate surface area is 193 Å². The molecule has 0 radical (unpaired) electrons. The highest BCUT2D eigenvalue weighted by molar-refractivity contribution is 6.04. The molecule has 2 N–H and O–H groups in total. The van der Waals surface area contributed by atoms with E-state index in [1.165, 1.54) is 27.4 Å². The number of amides is 1. The minimum absolute atomic E-state index is 0.0946. The van der Waals surface area contributed by atoms with Gasteiger partial charge in [0.05, 0.1) is 33.1 Å². The minimum atomic E-state index is -4.56. The Morgan fingerprint density at radius 3 is 2.32 bits per heavy atom. The molecule has 0 aliphatic carbocycles. The highest BCUT2D eigenvalue weighted by Crippen LogP contribution is 2.44. The maximum Gasteiger partial charge on any atom is 0.410 e. The van der Waals surface area contributed by atoms with Gasteiger partial charge >= 0.3 is 6.18 Å². The van der Waals surface area contributed by atoms with Crippen molar-refractivity contribution in [1.82, 2.24) is 9.78 Å². The molecule has 11 heteroatoms. The summed E-state index contributed by atoms with van der Waals surface area (Å²) in [7, 11) is 4.42. The molecule has 0 bridgehead atoms. The van der Waals surface area contributed by atoms with Crippen LogP contribution in [-0.4, -0.2) is 43.2 Å². The van der Waals surface area contributed by atoms with Gasteiger partial charge in [-0.25, -0.2) is 4.68 Å². The van der Waals surface area contributed by atoms with E-state index in [2.05, 4.69) is 15.7 Å². The molecule has 0 saturated heterocycles. The second-order valence-corrected chi connectivity index (χ2v) is 7.64. The van der Waals surface area contributed by atoms with Crippen LogP contribution in [0.15, 0.2) is 48.5 Å². The maximum absolute atomic E-state index is 13.9. The van der Waals surface area contributed by atoms with E-state index >= 15 is 0 Å². The number of nitrogens with zero attached hydrogens (tertiary/aromatic N) is 2. The summed E-state index contributed by atoms with van der Waals surface area (Å²) in [5.41, 5.74) is 0.792. The van der Waals surface area contributed by atoms with Crippen LogP contribution in [-0.2, 0) is 0 Å². The first kappa shape index (κ1) is 23.3. The Morgan fingerprint density at radius 1 is 1.03 bits per heavy atom. The van der Waals surface area contributed by atoms with Crippen molar-refractivity contribution in [3.63, 3.8) is 0 Å². The first-order valence-corrected chi connectivity index (χ1v) is 10.3. The first-order valence-electron chi connectivity index (χ1n) is 10.3. The summed E-state index contributed by atoms with van der Waals surface area (Å²) in [5, 5.41) is 9.67. The number of benzene rings is 2. The Kier molecular flexibility index (Phi) is 6.27. The lowest BCUT2D eigenvalue weighted by molar-refractivity contribution is -0.173. The summed E-state index contributed by atoms with van der Waals surface area (Å²) in [4.78, 5) is 12.9. The van der Waals surface area contributed by atoms with Gasteiger partial charge in [0.15, 0.2) is 11.7 Å². The molecule has 1 amide bonds. The van der Waals surface area contributed by atoms with E-state index in [1.54, 1.807) is 42.5 Å². The van der Waals surface area contributed by atoms with Crippen molar-refractivity contribution in [2.45, 2.75) is 24.7 Å². The number of carbonyl (C=O) groups is 1. The number of carbonyl (C=O) groups excluding carboxylic acids is 1. The van der Waals surface area contributed by atoms with Gasteiger partial charge < -0.3 is 24.8 Å². The number of fused-ring (bicyclic) bond motifs is 1. The predicted molar refractivity (Wildman–Crippen MR) is 119 cm³/mol. The van der Waals surface area contributed by atoms with Crippen LogP contribution in [0.5, 0.6) is 17.2 Å². The lowest BCUT2D eigenvalue weighted by Gasteiger charge is -2.33. The summed E-state index contributed by atoms with van der Waals surface area (Å²) < 4.78 is 58.1. The van der Waals surface area contributed by atoms with E-state index in [0.717, 1.165) is 4.68 Å². The molecule has 4 rings (SSSR count). The van der Waals surface area contributed by atoms with Gasteiger partial charge in [-0.3, -0.25) is 4.79 Å². The smallest absolute Gasteiger partial charge is 0.410 e. The Balaban J connectivity index is 1.64. The molecular formula is C23H23F3N4O4. The lowest BCUT2D eigenvalue weighted by atomic mass is 9.97. The fraction of sp³-hybridized carbons (Fsp3) is 0.304. The molecule has 0 saturated carbocycles. The van der Waals surface area contributed by atoms with Gasteiger partial charge in [0, 0.05) is 18.6 Å². The van der Waals surface area contributed by atoms with Gasteiger partial charge in [0.1, 0.15) is 23.1 Å². The second-order valence-electron chi connectivity index (χ2n) is 7.64. The molecule has 1 aliphatic heterocycles. The lowest BCUT2D eigenvalue weighted by Crippen LogP contribution is -2.35. The third kappa shape index (κ3) is 4.59. The number of ether oxygens (including phenoxy) is 3. The molecule has 1 aliphatic rings. The molecule has 180 valence electrons. The second kappa shape index (κ2) is 9.16. The molecular weight excluding hydrogens is 453 g/mol. The van der Waals surface area contributed by atoms with Crippen LogP contribution in [0.25, 0.3) is 0 Å². The van der Waals surface area contributed by atoms with Gasteiger partial charge in [-0.2, -0.15) is 18.3 Å². The van der Waals surface area contributed by atoms with Crippen molar-refractivity contribution < 1.29 is 32.2 Å². The van der Waals surface area contributed by atoms with Crippen LogP contribution in [0.1, 0.15) is 34.6 Å². The quantitative estimate of drug-likeness (QED) is 0.531. The van der Waals surface area contributed by atoms with Gasteiger partial charge in [-0.1, -0.05) is 12.1 Å². The molecule has 0 spiro atoms.